The number of H-pyrrole nitrogens is 1. The van der Waals surface area contributed by atoms with E-state index in [1.54, 1.807) is 4.90 Å². The fourth-order valence-electron chi connectivity index (χ4n) is 5.50. The molecule has 1 aliphatic rings. The fraction of sp³-hybridized carbons (Fsp3) is 0.469. The van der Waals surface area contributed by atoms with E-state index in [0.717, 1.165) is 37.3 Å². The lowest BCUT2D eigenvalue weighted by atomic mass is 9.77. The van der Waals surface area contributed by atoms with E-state index in [4.69, 9.17) is 0 Å². The highest BCUT2D eigenvalue weighted by Gasteiger charge is 2.36. The maximum absolute atomic E-state index is 11.4. The third-order valence-corrected chi connectivity index (χ3v) is 7.67. The largest absolute Gasteiger partial charge is 0.507 e. The monoisotopic (exact) mass is 502 g/mol. The minimum Gasteiger partial charge on any atom is -0.507 e. The van der Waals surface area contributed by atoms with Crippen LogP contribution < -0.4 is 19.7 Å². The third-order valence-electron chi connectivity index (χ3n) is 7.67. The molecule has 5 heteroatoms. The minimum atomic E-state index is -0.156. The summed E-state index contributed by atoms with van der Waals surface area (Å²) in [6.45, 7) is 17.3. The number of aromatic amines is 1. The molecule has 3 N–H and O–H groups in total. The molecule has 1 aliphatic heterocycles. The zero-order valence-corrected chi connectivity index (χ0v) is 24.0. The summed E-state index contributed by atoms with van der Waals surface area (Å²) >= 11 is 0. The number of phenolic OH excluding ortho intramolecular Hbond substituents is 1. The highest BCUT2D eigenvalue weighted by atomic mass is 16.3. The van der Waals surface area contributed by atoms with Crippen LogP contribution in [-0.2, 0) is 10.8 Å². The molecule has 1 aromatic heterocycles. The Labute approximate surface area is 223 Å². The first kappa shape index (κ1) is 27.0. The molecule has 1 atom stereocenters. The SMILES string of the molecule is CN(C)c1ccc(C(c2cc(C(C)(C)C)c(O)c(C(C)(C)C)c2)[NH+]2CCN(c3cccc[nH+]3)CC2)cc1. The summed E-state index contributed by atoms with van der Waals surface area (Å²) in [5, 5.41) is 11.4. The normalized spacial score (nSPS) is 16.1. The second-order valence-corrected chi connectivity index (χ2v) is 12.8. The second kappa shape index (κ2) is 10.4. The predicted octanol–water partition coefficient (Wildman–Crippen LogP) is 4.36. The Bertz CT molecular complexity index is 1150. The van der Waals surface area contributed by atoms with Crippen molar-refractivity contribution in [2.45, 2.75) is 58.4 Å². The Morgan fingerprint density at radius 3 is 1.86 bits per heavy atom. The van der Waals surface area contributed by atoms with Crippen LogP contribution in [0.3, 0.4) is 0 Å². The number of rotatable bonds is 5. The van der Waals surface area contributed by atoms with Crippen LogP contribution >= 0.6 is 0 Å². The highest BCUT2D eigenvalue weighted by molar-refractivity contribution is 5.52. The van der Waals surface area contributed by atoms with Gasteiger partial charge in [-0.1, -0.05) is 59.7 Å². The van der Waals surface area contributed by atoms with E-state index in [1.165, 1.54) is 22.6 Å². The fourth-order valence-corrected chi connectivity index (χ4v) is 5.50. The van der Waals surface area contributed by atoms with Crippen molar-refractivity contribution in [1.29, 1.82) is 0 Å². The summed E-state index contributed by atoms with van der Waals surface area (Å²) in [5.74, 6) is 1.63. The van der Waals surface area contributed by atoms with E-state index in [-0.39, 0.29) is 16.9 Å². The van der Waals surface area contributed by atoms with Crippen molar-refractivity contribution in [1.82, 2.24) is 0 Å². The van der Waals surface area contributed by atoms with Crippen molar-refractivity contribution in [3.63, 3.8) is 0 Å². The molecule has 198 valence electrons. The molecule has 2 aromatic carbocycles. The average molecular weight is 503 g/mol. The summed E-state index contributed by atoms with van der Waals surface area (Å²) in [6.07, 6.45) is 2.00. The van der Waals surface area contributed by atoms with Crippen molar-refractivity contribution in [3.05, 3.63) is 83.0 Å². The van der Waals surface area contributed by atoms with Crippen LogP contribution in [0.25, 0.3) is 0 Å². The van der Waals surface area contributed by atoms with Crippen molar-refractivity contribution in [2.75, 3.05) is 50.1 Å². The van der Waals surface area contributed by atoms with E-state index in [1.807, 2.05) is 12.3 Å². The number of quaternary nitrogens is 1. The van der Waals surface area contributed by atoms with E-state index < -0.39 is 0 Å². The second-order valence-electron chi connectivity index (χ2n) is 12.8. The maximum Gasteiger partial charge on any atom is 0.274 e. The first-order valence-corrected chi connectivity index (χ1v) is 13.6. The molecule has 1 fully saturated rings. The third kappa shape index (κ3) is 5.93. The van der Waals surface area contributed by atoms with Crippen LogP contribution in [0, 0.1) is 0 Å². The van der Waals surface area contributed by atoms with Gasteiger partial charge in [0.05, 0.1) is 6.20 Å². The van der Waals surface area contributed by atoms with Crippen molar-refractivity contribution in [2.24, 2.45) is 0 Å². The van der Waals surface area contributed by atoms with Gasteiger partial charge in [0.2, 0.25) is 0 Å². The molecule has 0 saturated carbocycles. The molecule has 4 rings (SSSR count). The number of aromatic nitrogens is 1. The summed E-state index contributed by atoms with van der Waals surface area (Å²) in [5.41, 5.74) is 5.57. The van der Waals surface area contributed by atoms with Crippen LogP contribution in [0.1, 0.15) is 69.8 Å². The number of aromatic hydroxyl groups is 1. The lowest BCUT2D eigenvalue weighted by Crippen LogP contribution is -3.15. The molecular weight excluding hydrogens is 456 g/mol. The summed E-state index contributed by atoms with van der Waals surface area (Å²) in [6, 6.07) is 20.1. The first-order valence-electron chi connectivity index (χ1n) is 13.6. The zero-order valence-electron chi connectivity index (χ0n) is 24.0. The Balaban J connectivity index is 1.79. The van der Waals surface area contributed by atoms with Crippen molar-refractivity contribution in [3.8, 4) is 5.75 Å². The Kier molecular flexibility index (Phi) is 7.57. The molecule has 5 nitrogen and oxygen atoms in total. The van der Waals surface area contributed by atoms with Gasteiger partial charge in [0.1, 0.15) is 38.0 Å². The predicted molar refractivity (Wildman–Crippen MR) is 154 cm³/mol. The van der Waals surface area contributed by atoms with Crippen molar-refractivity contribution >= 4 is 11.5 Å². The Morgan fingerprint density at radius 2 is 1.41 bits per heavy atom. The molecule has 0 spiro atoms. The topological polar surface area (TPSA) is 45.3 Å². The molecule has 37 heavy (non-hydrogen) atoms. The van der Waals surface area contributed by atoms with Gasteiger partial charge >= 0.3 is 0 Å². The molecule has 1 saturated heterocycles. The van der Waals surface area contributed by atoms with Gasteiger partial charge in [-0.25, -0.2) is 4.98 Å². The van der Waals surface area contributed by atoms with Crippen molar-refractivity contribution < 1.29 is 15.0 Å². The molecule has 0 aliphatic carbocycles. The van der Waals surface area contributed by atoms with Gasteiger partial charge in [-0.15, -0.1) is 0 Å². The van der Waals surface area contributed by atoms with Crippen LogP contribution in [-0.4, -0.2) is 45.4 Å². The molecule has 1 unspecified atom stereocenters. The minimum absolute atomic E-state index is 0.156. The molecule has 2 heterocycles. The number of hydrogen-bond donors (Lipinski definition) is 2. The lowest BCUT2D eigenvalue weighted by Gasteiger charge is -2.36. The number of hydrogen-bond acceptors (Lipinski definition) is 3. The van der Waals surface area contributed by atoms with Crippen LogP contribution in [0.15, 0.2) is 60.8 Å². The molecule has 3 aromatic rings. The smallest absolute Gasteiger partial charge is 0.274 e. The zero-order chi connectivity index (χ0) is 27.0. The number of nitrogens with zero attached hydrogens (tertiary/aromatic N) is 2. The van der Waals surface area contributed by atoms with E-state index in [9.17, 15) is 5.11 Å². The molecular formula is C32H46N4O+2. The number of benzene rings is 2. The standard InChI is InChI=1S/C32H44N4O/c1-31(2,3)26-21-24(22-27(30(26)37)32(4,5)6)29(23-12-14-25(15-13-23)34(7)8)36-19-17-35(18-20-36)28-11-9-10-16-33-28/h9-16,21-22,29,37H,17-20H2,1-8H3/p+2. The quantitative estimate of drug-likeness (QED) is 0.545. The molecule has 0 bridgehead atoms. The van der Waals surface area contributed by atoms with Gasteiger partial charge in [0.25, 0.3) is 5.82 Å². The summed E-state index contributed by atoms with van der Waals surface area (Å²) < 4.78 is 0. The number of piperazine rings is 1. The van der Waals surface area contributed by atoms with Crippen LogP contribution in [0.5, 0.6) is 5.75 Å². The Morgan fingerprint density at radius 1 is 0.838 bits per heavy atom. The number of pyridine rings is 1. The van der Waals surface area contributed by atoms with Gasteiger partial charge in [-0.3, -0.25) is 4.90 Å². The first-order chi connectivity index (χ1) is 17.4. The molecule has 0 amide bonds. The van der Waals surface area contributed by atoms with Gasteiger partial charge in [-0.05, 0) is 41.2 Å². The van der Waals surface area contributed by atoms with Gasteiger partial charge in [0.15, 0.2) is 0 Å². The molecule has 0 radical (unpaired) electrons. The van der Waals surface area contributed by atoms with Gasteiger partial charge < -0.3 is 14.9 Å². The van der Waals surface area contributed by atoms with E-state index >= 15 is 0 Å². The number of nitrogens with one attached hydrogen (secondary N) is 2. The van der Waals surface area contributed by atoms with Gasteiger partial charge in [-0.2, -0.15) is 0 Å². The van der Waals surface area contributed by atoms with E-state index in [0.29, 0.717) is 5.75 Å². The highest BCUT2D eigenvalue weighted by Crippen LogP contribution is 2.41. The number of phenols is 1. The Hall–Kier alpha value is -3.05. The number of anilines is 2. The lowest BCUT2D eigenvalue weighted by molar-refractivity contribution is -0.926. The summed E-state index contributed by atoms with van der Waals surface area (Å²) in [4.78, 5) is 9.57. The summed E-state index contributed by atoms with van der Waals surface area (Å²) in [7, 11) is 4.17. The van der Waals surface area contributed by atoms with Gasteiger partial charge in [0, 0.05) is 48.1 Å². The maximum atomic E-state index is 11.4. The van der Waals surface area contributed by atoms with E-state index in [2.05, 4.69) is 119 Å². The van der Waals surface area contributed by atoms with Crippen LogP contribution in [0.2, 0.25) is 0 Å². The average Bonchev–Trinajstić information content (AvgIpc) is 2.85. The van der Waals surface area contributed by atoms with Crippen LogP contribution in [0.4, 0.5) is 11.5 Å².